The largest absolute Gasteiger partial charge is 0.468 e. The molecule has 0 saturated heterocycles. The van der Waals surface area contributed by atoms with E-state index in [4.69, 9.17) is 35.7 Å². The summed E-state index contributed by atoms with van der Waals surface area (Å²) in [6.07, 6.45) is 4.85. The summed E-state index contributed by atoms with van der Waals surface area (Å²) in [6, 6.07) is 20.9. The fraction of sp³-hybridized carbons (Fsp3) is 0.107. The zero-order chi connectivity index (χ0) is 26.3. The first-order valence-electron chi connectivity index (χ1n) is 12.2. The number of nitrogens with zero attached hydrogens (tertiary/aromatic N) is 7. The van der Waals surface area contributed by atoms with Crippen LogP contribution in [0.4, 0.5) is 0 Å². The highest BCUT2D eigenvalue weighted by Crippen LogP contribution is 2.49. The molecule has 1 aliphatic heterocycles. The number of ether oxygens (including phenoxy) is 1. The number of furan rings is 1. The van der Waals surface area contributed by atoms with E-state index in [0.29, 0.717) is 34.0 Å². The van der Waals surface area contributed by atoms with Gasteiger partial charge in [0.15, 0.2) is 18.1 Å². The van der Waals surface area contributed by atoms with Crippen LogP contribution in [-0.2, 0) is 11.4 Å². The van der Waals surface area contributed by atoms with Crippen molar-refractivity contribution in [3.63, 3.8) is 0 Å². The molecule has 0 fully saturated rings. The standard InChI is InChI=1S/C28H20ClN7O3/c1-17-23-24(21-8-5-13-37-21)25-26-32-22(15-38-31-14-18-6-3-2-4-7-18)34-35(26)16-30-27(25)39-28(23)36(33-17)20-11-9-19(29)10-12-20/h2-14,16,24H,15H2,1H3. The van der Waals surface area contributed by atoms with Crippen LogP contribution in [-0.4, -0.2) is 35.6 Å². The van der Waals surface area contributed by atoms with Crippen LogP contribution in [0.15, 0.2) is 88.9 Å². The van der Waals surface area contributed by atoms with Gasteiger partial charge >= 0.3 is 0 Å². The monoisotopic (exact) mass is 537 g/mol. The fourth-order valence-corrected chi connectivity index (χ4v) is 4.84. The lowest BCUT2D eigenvalue weighted by atomic mass is 9.88. The van der Waals surface area contributed by atoms with E-state index in [1.54, 1.807) is 28.0 Å². The minimum Gasteiger partial charge on any atom is -0.468 e. The summed E-state index contributed by atoms with van der Waals surface area (Å²) in [7, 11) is 0. The molecular weight excluding hydrogens is 518 g/mol. The van der Waals surface area contributed by atoms with Gasteiger partial charge in [-0.25, -0.2) is 19.2 Å². The maximum Gasteiger partial charge on any atom is 0.230 e. The Morgan fingerprint density at radius 2 is 1.87 bits per heavy atom. The third kappa shape index (κ3) is 4.11. The number of halogens is 1. The quantitative estimate of drug-likeness (QED) is 0.198. The average molecular weight is 538 g/mol. The Labute approximate surface area is 227 Å². The molecule has 1 unspecified atom stereocenters. The van der Waals surface area contributed by atoms with Crippen LogP contribution in [0.3, 0.4) is 0 Å². The number of aryl methyl sites for hydroxylation is 1. The van der Waals surface area contributed by atoms with Gasteiger partial charge in [-0.05, 0) is 48.9 Å². The molecule has 0 amide bonds. The Morgan fingerprint density at radius 1 is 1.03 bits per heavy atom. The van der Waals surface area contributed by atoms with Crippen molar-refractivity contribution in [1.82, 2.24) is 29.4 Å². The van der Waals surface area contributed by atoms with Crippen molar-refractivity contribution in [2.75, 3.05) is 0 Å². The molecule has 0 saturated carbocycles. The molecular formula is C28H20ClN7O3. The van der Waals surface area contributed by atoms with Gasteiger partial charge in [-0.3, -0.25) is 0 Å². The lowest BCUT2D eigenvalue weighted by molar-refractivity contribution is 0.126. The molecule has 192 valence electrons. The maximum absolute atomic E-state index is 6.39. The Morgan fingerprint density at radius 3 is 2.67 bits per heavy atom. The van der Waals surface area contributed by atoms with Crippen LogP contribution in [0, 0.1) is 6.92 Å². The number of hydrogen-bond donors (Lipinski definition) is 0. The van der Waals surface area contributed by atoms with Crippen molar-refractivity contribution in [3.8, 4) is 17.4 Å². The molecule has 10 nitrogen and oxygen atoms in total. The normalized spacial score (nSPS) is 14.4. The summed E-state index contributed by atoms with van der Waals surface area (Å²) in [5.41, 5.74) is 4.69. The first kappa shape index (κ1) is 23.2. The SMILES string of the molecule is Cc1nn(-c2ccc(Cl)cc2)c2c1C(c1ccco1)c1c(ncn3nc(CON=Cc4ccccc4)nc13)O2. The number of hydrogen-bond acceptors (Lipinski definition) is 8. The van der Waals surface area contributed by atoms with E-state index in [1.807, 2.05) is 73.7 Å². The van der Waals surface area contributed by atoms with Gasteiger partial charge in [-0.2, -0.15) is 5.10 Å². The Kier molecular flexibility index (Phi) is 5.59. The third-order valence-corrected chi connectivity index (χ3v) is 6.68. The van der Waals surface area contributed by atoms with Gasteiger partial charge in [0.25, 0.3) is 0 Å². The van der Waals surface area contributed by atoms with Crippen LogP contribution < -0.4 is 4.74 Å². The van der Waals surface area contributed by atoms with Gasteiger partial charge in [0.2, 0.25) is 11.8 Å². The van der Waals surface area contributed by atoms with Gasteiger partial charge in [-0.15, -0.1) is 5.10 Å². The minimum absolute atomic E-state index is 0.0881. The zero-order valence-electron chi connectivity index (χ0n) is 20.6. The van der Waals surface area contributed by atoms with E-state index in [0.717, 1.165) is 28.1 Å². The molecule has 4 aromatic heterocycles. The van der Waals surface area contributed by atoms with E-state index in [2.05, 4.69) is 15.2 Å². The van der Waals surface area contributed by atoms with Crippen molar-refractivity contribution in [3.05, 3.63) is 118 Å². The van der Waals surface area contributed by atoms with Gasteiger partial charge in [0.05, 0.1) is 40.9 Å². The highest BCUT2D eigenvalue weighted by molar-refractivity contribution is 6.30. The molecule has 39 heavy (non-hydrogen) atoms. The Bertz CT molecular complexity index is 1810. The van der Waals surface area contributed by atoms with Crippen molar-refractivity contribution in [2.45, 2.75) is 19.4 Å². The molecule has 0 spiro atoms. The van der Waals surface area contributed by atoms with E-state index >= 15 is 0 Å². The Balaban J connectivity index is 1.29. The summed E-state index contributed by atoms with van der Waals surface area (Å²) in [5, 5.41) is 14.0. The lowest BCUT2D eigenvalue weighted by Gasteiger charge is -2.24. The van der Waals surface area contributed by atoms with Crippen LogP contribution in [0.25, 0.3) is 11.3 Å². The number of fused-ring (bicyclic) bond motifs is 4. The van der Waals surface area contributed by atoms with Crippen LogP contribution in [0.1, 0.15) is 39.9 Å². The van der Waals surface area contributed by atoms with Gasteiger partial charge in [-0.1, -0.05) is 47.1 Å². The molecule has 1 aliphatic rings. The van der Waals surface area contributed by atoms with E-state index in [1.165, 1.54) is 0 Å². The average Bonchev–Trinajstić information content (AvgIpc) is 3.70. The molecule has 2 aromatic carbocycles. The van der Waals surface area contributed by atoms with Crippen molar-refractivity contribution in [2.24, 2.45) is 5.16 Å². The summed E-state index contributed by atoms with van der Waals surface area (Å²) < 4.78 is 15.7. The Hall–Kier alpha value is -4.96. The zero-order valence-corrected chi connectivity index (χ0v) is 21.4. The number of aromatic nitrogens is 6. The summed E-state index contributed by atoms with van der Waals surface area (Å²) >= 11 is 6.12. The van der Waals surface area contributed by atoms with Gasteiger partial charge in [0.1, 0.15) is 12.1 Å². The highest BCUT2D eigenvalue weighted by atomic mass is 35.5. The topological polar surface area (TPSA) is 105 Å². The van der Waals surface area contributed by atoms with Crippen molar-refractivity contribution < 1.29 is 14.0 Å². The van der Waals surface area contributed by atoms with Gasteiger partial charge in [0, 0.05) is 5.02 Å². The predicted molar refractivity (Wildman–Crippen MR) is 143 cm³/mol. The second-order valence-corrected chi connectivity index (χ2v) is 9.36. The van der Waals surface area contributed by atoms with Crippen molar-refractivity contribution >= 4 is 23.5 Å². The summed E-state index contributed by atoms with van der Waals surface area (Å²) in [5.74, 6) is 1.74. The van der Waals surface area contributed by atoms with Crippen LogP contribution >= 0.6 is 11.6 Å². The number of oxime groups is 1. The summed E-state index contributed by atoms with van der Waals surface area (Å²) in [6.45, 7) is 2.03. The smallest absolute Gasteiger partial charge is 0.230 e. The lowest BCUT2D eigenvalue weighted by Crippen LogP contribution is -2.15. The molecule has 0 aliphatic carbocycles. The molecule has 1 atom stereocenters. The van der Waals surface area contributed by atoms with E-state index in [9.17, 15) is 0 Å². The molecule has 6 aromatic rings. The highest BCUT2D eigenvalue weighted by Gasteiger charge is 2.39. The number of benzene rings is 2. The first-order valence-corrected chi connectivity index (χ1v) is 12.5. The van der Waals surface area contributed by atoms with Gasteiger partial charge < -0.3 is 14.0 Å². The minimum atomic E-state index is -0.370. The second-order valence-electron chi connectivity index (χ2n) is 8.92. The maximum atomic E-state index is 6.39. The van der Waals surface area contributed by atoms with E-state index in [-0.39, 0.29) is 12.5 Å². The van der Waals surface area contributed by atoms with Crippen LogP contribution in [0.5, 0.6) is 11.8 Å². The predicted octanol–water partition coefficient (Wildman–Crippen LogP) is 5.70. The molecule has 0 N–H and O–H groups in total. The molecule has 11 heteroatoms. The van der Waals surface area contributed by atoms with E-state index < -0.39 is 0 Å². The van der Waals surface area contributed by atoms with Crippen molar-refractivity contribution in [1.29, 1.82) is 0 Å². The molecule has 5 heterocycles. The fourth-order valence-electron chi connectivity index (χ4n) is 4.71. The third-order valence-electron chi connectivity index (χ3n) is 6.43. The number of rotatable bonds is 6. The molecule has 0 radical (unpaired) electrons. The summed E-state index contributed by atoms with van der Waals surface area (Å²) in [4.78, 5) is 14.8. The first-order chi connectivity index (χ1) is 19.2. The second kappa shape index (κ2) is 9.41. The molecule has 7 rings (SSSR count). The molecule has 0 bridgehead atoms. The van der Waals surface area contributed by atoms with Crippen LogP contribution in [0.2, 0.25) is 5.02 Å².